The summed E-state index contributed by atoms with van der Waals surface area (Å²) in [6.45, 7) is 4.81. The van der Waals surface area contributed by atoms with E-state index in [1.807, 2.05) is 19.1 Å². The molecule has 1 atom stereocenters. The quantitative estimate of drug-likeness (QED) is 0.811. The zero-order valence-corrected chi connectivity index (χ0v) is 12.9. The molecule has 0 heterocycles. The van der Waals surface area contributed by atoms with Crippen LogP contribution >= 0.6 is 0 Å². The van der Waals surface area contributed by atoms with Crippen molar-refractivity contribution >= 4 is 5.91 Å². The lowest BCUT2D eigenvalue weighted by Gasteiger charge is -2.36. The second-order valence-electron chi connectivity index (χ2n) is 6.00. The molecule has 2 N–H and O–H groups in total. The number of carbonyl (C=O) groups excluding carboxylic acids is 1. The highest BCUT2D eigenvalue weighted by Crippen LogP contribution is 2.36. The van der Waals surface area contributed by atoms with Gasteiger partial charge in [-0.25, -0.2) is 4.39 Å². The average Bonchev–Trinajstić information content (AvgIpc) is 2.42. The lowest BCUT2D eigenvalue weighted by molar-refractivity contribution is -0.121. The molecule has 3 nitrogen and oxygen atoms in total. The Morgan fingerprint density at radius 1 is 1.33 bits per heavy atom. The van der Waals surface area contributed by atoms with Crippen molar-refractivity contribution < 1.29 is 9.18 Å². The van der Waals surface area contributed by atoms with Crippen LogP contribution in [0.25, 0.3) is 0 Å². The topological polar surface area (TPSA) is 41.1 Å². The summed E-state index contributed by atoms with van der Waals surface area (Å²) in [4.78, 5) is 11.6. The summed E-state index contributed by atoms with van der Waals surface area (Å²) in [6.07, 6.45) is 3.63. The number of hydrogen-bond donors (Lipinski definition) is 2. The van der Waals surface area contributed by atoms with E-state index in [9.17, 15) is 9.18 Å². The smallest absolute Gasteiger partial charge is 0.221 e. The highest BCUT2D eigenvalue weighted by molar-refractivity contribution is 5.76. The van der Waals surface area contributed by atoms with Gasteiger partial charge in [-0.05, 0) is 49.8 Å². The van der Waals surface area contributed by atoms with E-state index in [1.165, 1.54) is 17.7 Å². The molecule has 1 amide bonds. The minimum Gasteiger partial charge on any atom is -0.354 e. The van der Waals surface area contributed by atoms with Crippen molar-refractivity contribution in [1.82, 2.24) is 10.6 Å². The van der Waals surface area contributed by atoms with Crippen LogP contribution < -0.4 is 10.6 Å². The van der Waals surface area contributed by atoms with Gasteiger partial charge in [-0.3, -0.25) is 4.79 Å². The Balaban J connectivity index is 1.60. The highest BCUT2D eigenvalue weighted by Gasteiger charge is 2.29. The lowest BCUT2D eigenvalue weighted by Crippen LogP contribution is -2.42. The van der Waals surface area contributed by atoms with Gasteiger partial charge in [0.15, 0.2) is 0 Å². The maximum absolute atomic E-state index is 12.9. The van der Waals surface area contributed by atoms with Crippen LogP contribution in [0.3, 0.4) is 0 Å². The summed E-state index contributed by atoms with van der Waals surface area (Å²) >= 11 is 0. The Morgan fingerprint density at radius 3 is 2.62 bits per heavy atom. The molecule has 0 radical (unpaired) electrons. The molecule has 1 aromatic rings. The maximum Gasteiger partial charge on any atom is 0.221 e. The van der Waals surface area contributed by atoms with Crippen LogP contribution in [-0.4, -0.2) is 24.5 Å². The number of amides is 1. The first-order chi connectivity index (χ1) is 10.1. The number of nitrogens with one attached hydrogen (secondary N) is 2. The molecule has 0 aliphatic heterocycles. The Labute approximate surface area is 126 Å². The Morgan fingerprint density at radius 2 is 2.00 bits per heavy atom. The lowest BCUT2D eigenvalue weighted by atomic mass is 9.76. The molecule has 1 aliphatic rings. The van der Waals surface area contributed by atoms with Crippen LogP contribution in [0.2, 0.25) is 0 Å². The standard InChI is InChI=1S/C17H25FN2O/c1-3-12(2)20-17(21)8-9-19-16-10-14(11-16)13-4-6-15(18)7-5-13/h4-7,12,14,16,19H,3,8-11H2,1-2H3,(H,20,21). The van der Waals surface area contributed by atoms with E-state index < -0.39 is 0 Å². The third kappa shape index (κ3) is 4.81. The fourth-order valence-electron chi connectivity index (χ4n) is 2.63. The third-order valence-electron chi connectivity index (χ3n) is 4.28. The molecule has 1 unspecified atom stereocenters. The highest BCUT2D eigenvalue weighted by atomic mass is 19.1. The van der Waals surface area contributed by atoms with Gasteiger partial charge in [0.05, 0.1) is 0 Å². The molecule has 116 valence electrons. The molecule has 1 saturated carbocycles. The summed E-state index contributed by atoms with van der Waals surface area (Å²) in [7, 11) is 0. The second-order valence-corrected chi connectivity index (χ2v) is 6.00. The first-order valence-electron chi connectivity index (χ1n) is 7.86. The first kappa shape index (κ1) is 16.0. The van der Waals surface area contributed by atoms with Crippen LogP contribution in [-0.2, 0) is 4.79 Å². The molecule has 1 fully saturated rings. The van der Waals surface area contributed by atoms with Crippen molar-refractivity contribution in [2.24, 2.45) is 0 Å². The summed E-state index contributed by atoms with van der Waals surface area (Å²) in [5.74, 6) is 0.461. The largest absolute Gasteiger partial charge is 0.354 e. The monoisotopic (exact) mass is 292 g/mol. The maximum atomic E-state index is 12.9. The van der Waals surface area contributed by atoms with Crippen LogP contribution in [0.4, 0.5) is 4.39 Å². The Bertz CT molecular complexity index is 454. The summed E-state index contributed by atoms with van der Waals surface area (Å²) in [5.41, 5.74) is 1.21. The molecule has 0 bridgehead atoms. The predicted octanol–water partition coefficient (Wildman–Crippen LogP) is 2.97. The van der Waals surface area contributed by atoms with Crippen LogP contribution in [0.1, 0.15) is 51.0 Å². The molecule has 21 heavy (non-hydrogen) atoms. The van der Waals surface area contributed by atoms with Gasteiger partial charge in [0, 0.05) is 25.0 Å². The van der Waals surface area contributed by atoms with Gasteiger partial charge in [-0.1, -0.05) is 19.1 Å². The van der Waals surface area contributed by atoms with Crippen molar-refractivity contribution in [3.8, 4) is 0 Å². The van der Waals surface area contributed by atoms with Gasteiger partial charge in [0.1, 0.15) is 5.82 Å². The Kier molecular flexibility index (Phi) is 5.74. The van der Waals surface area contributed by atoms with Gasteiger partial charge in [-0.2, -0.15) is 0 Å². The van der Waals surface area contributed by atoms with Crippen molar-refractivity contribution in [3.05, 3.63) is 35.6 Å². The number of halogens is 1. The fraction of sp³-hybridized carbons (Fsp3) is 0.588. The number of hydrogen-bond acceptors (Lipinski definition) is 2. The van der Waals surface area contributed by atoms with Crippen molar-refractivity contribution in [3.63, 3.8) is 0 Å². The van der Waals surface area contributed by atoms with E-state index in [4.69, 9.17) is 0 Å². The van der Waals surface area contributed by atoms with E-state index in [2.05, 4.69) is 17.6 Å². The van der Waals surface area contributed by atoms with Crippen molar-refractivity contribution in [1.29, 1.82) is 0 Å². The van der Waals surface area contributed by atoms with Gasteiger partial charge >= 0.3 is 0 Å². The summed E-state index contributed by atoms with van der Waals surface area (Å²) in [5, 5.41) is 6.38. The van der Waals surface area contributed by atoms with Gasteiger partial charge < -0.3 is 10.6 Å². The zero-order valence-electron chi connectivity index (χ0n) is 12.9. The summed E-state index contributed by atoms with van der Waals surface area (Å²) in [6, 6.07) is 7.52. The van der Waals surface area contributed by atoms with E-state index in [0.29, 0.717) is 18.4 Å². The van der Waals surface area contributed by atoms with Gasteiger partial charge in [-0.15, -0.1) is 0 Å². The zero-order chi connectivity index (χ0) is 15.2. The number of rotatable bonds is 7. The van der Waals surface area contributed by atoms with Crippen molar-refractivity contribution in [2.75, 3.05) is 6.54 Å². The molecule has 0 aromatic heterocycles. The van der Waals surface area contributed by atoms with Gasteiger partial charge in [0.2, 0.25) is 5.91 Å². The normalized spacial score (nSPS) is 22.4. The van der Waals surface area contributed by atoms with E-state index >= 15 is 0 Å². The molecular weight excluding hydrogens is 267 g/mol. The number of benzene rings is 1. The van der Waals surface area contributed by atoms with Crippen LogP contribution in [0, 0.1) is 5.82 Å². The molecule has 0 saturated heterocycles. The third-order valence-corrected chi connectivity index (χ3v) is 4.28. The molecule has 1 aromatic carbocycles. The van der Waals surface area contributed by atoms with Crippen LogP contribution in [0.15, 0.2) is 24.3 Å². The molecule has 2 rings (SSSR count). The fourth-order valence-corrected chi connectivity index (χ4v) is 2.63. The first-order valence-corrected chi connectivity index (χ1v) is 7.86. The minimum absolute atomic E-state index is 0.117. The van der Waals surface area contributed by atoms with E-state index in [1.54, 1.807) is 0 Å². The number of carbonyl (C=O) groups is 1. The van der Waals surface area contributed by atoms with Gasteiger partial charge in [0.25, 0.3) is 0 Å². The van der Waals surface area contributed by atoms with E-state index in [-0.39, 0.29) is 17.8 Å². The van der Waals surface area contributed by atoms with Crippen LogP contribution in [0.5, 0.6) is 0 Å². The molecule has 0 spiro atoms. The Hall–Kier alpha value is -1.42. The molecule has 4 heteroatoms. The second kappa shape index (κ2) is 7.55. The molecular formula is C17H25FN2O. The minimum atomic E-state index is -0.180. The summed E-state index contributed by atoms with van der Waals surface area (Å²) < 4.78 is 12.9. The predicted molar refractivity (Wildman–Crippen MR) is 82.7 cm³/mol. The average molecular weight is 292 g/mol. The van der Waals surface area contributed by atoms with Crippen molar-refractivity contribution in [2.45, 2.75) is 57.5 Å². The SMILES string of the molecule is CCC(C)NC(=O)CCNC1CC(c2ccc(F)cc2)C1. The van der Waals surface area contributed by atoms with E-state index in [0.717, 1.165) is 25.8 Å². The molecule has 1 aliphatic carbocycles.